The van der Waals surface area contributed by atoms with Crippen LogP contribution in [-0.2, 0) is 474 Å². The van der Waals surface area contributed by atoms with Gasteiger partial charge in [0.1, 0.15) is 0 Å². The summed E-state index contributed by atoms with van der Waals surface area (Å²) in [5.74, 6) is 0. The maximum atomic E-state index is 8.25. The zero-order valence-corrected chi connectivity index (χ0v) is 139. The van der Waals surface area contributed by atoms with Crippen LogP contribution in [0.4, 0.5) is 0 Å². The van der Waals surface area contributed by atoms with Crippen LogP contribution in [-0.4, -0.2) is 327 Å². The minimum Gasteiger partial charge on any atom is -0.857 e. The van der Waals surface area contributed by atoms with Gasteiger partial charge in [-0.1, -0.05) is 0 Å². The van der Waals surface area contributed by atoms with Gasteiger partial charge < -0.3 is 102 Å². The van der Waals surface area contributed by atoms with E-state index in [1.54, 1.807) is 0 Å². The average Bonchev–Trinajstić information content (AvgIpc) is 1.22. The maximum Gasteiger partial charge on any atom is 2.00 e. The fourth-order valence-corrected chi connectivity index (χ4v) is 22.5. The second-order valence-corrected chi connectivity index (χ2v) is 54.3. The van der Waals surface area contributed by atoms with Gasteiger partial charge in [-0.3, -0.25) is 0 Å². The molecule has 2 radical (unpaired) electrons. The van der Waals surface area contributed by atoms with Crippen molar-refractivity contribution in [2.45, 2.75) is 208 Å². The first-order valence-electron chi connectivity index (χ1n) is 40.0. The molecular formula is C80H220Au2O20P10Pd21+2. The fourth-order valence-electron chi connectivity index (χ4n) is 7.50. The Morgan fingerprint density at radius 1 is 0.0827 bits per heavy atom. The predicted octanol–water partition coefficient (Wildman–Crippen LogP) is 2.08. The molecule has 0 N–H and O–H groups in total. The molecule has 0 bridgehead atoms. The van der Waals surface area contributed by atoms with Crippen molar-refractivity contribution in [3.8, 4) is 0 Å². The molecule has 0 saturated heterocycles. The van der Waals surface area contributed by atoms with Crippen LogP contribution in [0, 0.1) is 0 Å². The SMILES string of the molecule is CC[PH+](CC)CC.CC[PH+](CC)CC.CC[PH+](CC)CC.CC[PH+](CC)CC.CC[PH+](CC)CC.CC[PH+](CC)CC.CC[PH+](CC)CC.CC[PH+](CC)CC.CC[PH+](CC)CC.CC[PH+](CC)CC.C[O-].C[O-].C[O-].C[O-].C[O-].C[O-].C[O-].C[O-].C[O-].C[O-].C[O-].C[O-].C[O-].C[O-].C[O-].C[O-].C[O-].C[O-].C[O-].C[O-].[Au].[Au].[Pd+2].[Pd+2].[Pd+2].[Pd+2].[Pd+2].[Pd+2].[Pd].[Pd].[Pd].[Pd].[Pd].[Pd].[Pd].[Pd].[Pd].[Pd].[Pd].[Pd].[Pd].[Pd].[Pd]. The van der Waals surface area contributed by atoms with Crippen LogP contribution < -0.4 is 102 Å². The van der Waals surface area contributed by atoms with Gasteiger partial charge in [0.25, 0.3) is 0 Å². The van der Waals surface area contributed by atoms with Crippen LogP contribution in [0.5, 0.6) is 0 Å². The van der Waals surface area contributed by atoms with E-state index in [-0.39, 0.29) is 553 Å². The smallest absolute Gasteiger partial charge is 0.857 e. The van der Waals surface area contributed by atoms with Gasteiger partial charge in [0.2, 0.25) is 0 Å². The van der Waals surface area contributed by atoms with Crippen molar-refractivity contribution in [1.29, 1.82) is 0 Å². The summed E-state index contributed by atoms with van der Waals surface area (Å²) in [6.07, 6.45) is 43.7. The third kappa shape index (κ3) is 537. The summed E-state index contributed by atoms with van der Waals surface area (Å²) in [7, 11) is 16.4. The van der Waals surface area contributed by atoms with Gasteiger partial charge in [-0.05, 0) is 287 Å². The van der Waals surface area contributed by atoms with E-state index in [1.807, 2.05) is 0 Å². The zero-order chi connectivity index (χ0) is 97.0. The first kappa shape index (κ1) is 354. The van der Waals surface area contributed by atoms with Gasteiger partial charge in [-0.25, -0.2) is 0 Å². The molecule has 0 rings (SSSR count). The Morgan fingerprint density at radius 3 is 0.0977 bits per heavy atom. The van der Waals surface area contributed by atoms with E-state index >= 15 is 0 Å². The molecule has 0 amide bonds. The molecule has 133 heavy (non-hydrogen) atoms. The summed E-state index contributed by atoms with van der Waals surface area (Å²) in [6, 6.07) is 0. The molecule has 0 saturated carbocycles. The van der Waals surface area contributed by atoms with Gasteiger partial charge in [-0.15, -0.1) is 0 Å². The van der Waals surface area contributed by atoms with Crippen molar-refractivity contribution in [1.82, 2.24) is 0 Å². The number of rotatable bonds is 30. The molecule has 0 aromatic heterocycles. The van der Waals surface area contributed by atoms with E-state index in [9.17, 15) is 0 Å². The summed E-state index contributed by atoms with van der Waals surface area (Å²) in [4.78, 5) is 0. The van der Waals surface area contributed by atoms with Gasteiger partial charge in [0.05, 0.1) is 185 Å². The Bertz CT molecular complexity index is 633. The molecular weight excluding hydrogens is 4220 g/mol. The average molecular weight is 4440 g/mol. The van der Waals surface area contributed by atoms with Crippen molar-refractivity contribution in [3.05, 3.63) is 0 Å². The fraction of sp³-hybridized carbons (Fsp3) is 1.00. The van der Waals surface area contributed by atoms with E-state index in [4.69, 9.17) is 102 Å². The topological polar surface area (TPSA) is 461 Å². The van der Waals surface area contributed by atoms with Crippen molar-refractivity contribution in [2.24, 2.45) is 0 Å². The molecule has 20 nitrogen and oxygen atoms in total. The molecule has 940 valence electrons. The normalized spacial score (nSPS) is 6.32. The van der Waals surface area contributed by atoms with Crippen molar-refractivity contribution < 1.29 is 576 Å². The predicted molar refractivity (Wildman–Crippen MR) is 518 cm³/mol. The number of hydrogen-bond acceptors (Lipinski definition) is 20. The van der Waals surface area contributed by atoms with Gasteiger partial charge in [0.15, 0.2) is 0 Å². The van der Waals surface area contributed by atoms with Gasteiger partial charge in [-0.2, -0.15) is 142 Å². The molecule has 0 aliphatic carbocycles. The Balaban J connectivity index is -0.00000000986. The van der Waals surface area contributed by atoms with E-state index in [2.05, 4.69) is 208 Å². The van der Waals surface area contributed by atoms with Crippen LogP contribution >= 0.6 is 79.2 Å². The van der Waals surface area contributed by atoms with Crippen LogP contribution in [0.3, 0.4) is 0 Å². The van der Waals surface area contributed by atoms with Crippen LogP contribution in [0.15, 0.2) is 0 Å². The molecule has 0 aliphatic rings. The van der Waals surface area contributed by atoms with Gasteiger partial charge >= 0.3 is 123 Å². The van der Waals surface area contributed by atoms with E-state index in [0.29, 0.717) is 0 Å². The summed E-state index contributed by atoms with van der Waals surface area (Å²) in [5.41, 5.74) is 0. The molecule has 53 heteroatoms. The number of hydrogen-bond donors (Lipinski definition) is 0. The molecule has 0 atom stereocenters. The Morgan fingerprint density at radius 2 is 0.0977 bits per heavy atom. The quantitative estimate of drug-likeness (QED) is 0.0733. The second kappa shape index (κ2) is 545. The first-order valence-corrected chi connectivity index (χ1v) is 61.2. The molecule has 0 fully saturated rings. The molecule has 0 aliphatic heterocycles. The van der Waals surface area contributed by atoms with Crippen LogP contribution in [0.2, 0.25) is 0 Å². The molecule has 0 unspecified atom stereocenters. The van der Waals surface area contributed by atoms with Gasteiger partial charge in [0, 0.05) is 351 Å². The minimum absolute atomic E-state index is 0. The minimum atomic E-state index is 0. The molecule has 0 aromatic rings. The monoisotopic (exact) mass is 4430 g/mol. The third-order valence-electron chi connectivity index (χ3n) is 15.0. The molecule has 0 aromatic carbocycles. The molecule has 0 heterocycles. The zero-order valence-electron chi connectivity index (χ0n) is 91.6. The molecule has 0 spiro atoms. The largest absolute Gasteiger partial charge is 2.00 e. The van der Waals surface area contributed by atoms with Crippen molar-refractivity contribution >= 4 is 79.2 Å². The standard InChI is InChI=1S/10C6H15P.20CH3O.2Au.21Pd/c10*1-4-7(5-2)6-3;20*1-2;;;;;;;;;;;;;;;;;;;;;;;/h10*4-6H2,1-3H3;20*1H3;;;;;;;;;;;;;;;;;;;;;;;/q;;;;;;;;;;20*-1;;;;;;;;;;;;;;;;;;6*+2/p+10. The van der Waals surface area contributed by atoms with Crippen LogP contribution in [0.1, 0.15) is 208 Å². The summed E-state index contributed by atoms with van der Waals surface area (Å²) >= 11 is 0. The second-order valence-electron chi connectivity index (χ2n) is 18.1. The van der Waals surface area contributed by atoms with E-state index < -0.39 is 0 Å². The first-order chi connectivity index (χ1) is 53.5. The summed E-state index contributed by atoms with van der Waals surface area (Å²) in [5, 5.41) is 165. The summed E-state index contributed by atoms with van der Waals surface area (Å²) < 4.78 is 0. The third-order valence-corrected chi connectivity index (χ3v) is 45.0. The van der Waals surface area contributed by atoms with E-state index in [0.717, 1.165) is 142 Å². The van der Waals surface area contributed by atoms with Crippen molar-refractivity contribution in [3.63, 3.8) is 0 Å². The van der Waals surface area contributed by atoms with Crippen molar-refractivity contribution in [2.75, 3.05) is 327 Å². The Kier molecular flexibility index (Phi) is 1450. The van der Waals surface area contributed by atoms with E-state index in [1.165, 1.54) is 185 Å². The summed E-state index contributed by atoms with van der Waals surface area (Å²) in [6.45, 7) is 69.2. The Hall–Kier alpha value is 18.9. The Labute approximate surface area is 1170 Å². The maximum absolute atomic E-state index is 8.25. The van der Waals surface area contributed by atoms with Crippen LogP contribution in [0.25, 0.3) is 0 Å².